The maximum atomic E-state index is 12.1. The fourth-order valence-corrected chi connectivity index (χ4v) is 2.69. The zero-order valence-corrected chi connectivity index (χ0v) is 9.64. The second-order valence-electron chi connectivity index (χ2n) is 3.78. The monoisotopic (exact) mass is 257 g/mol. The molecule has 1 rings (SSSR count). The van der Waals surface area contributed by atoms with E-state index in [-0.39, 0.29) is 18.4 Å². The van der Waals surface area contributed by atoms with Crippen LogP contribution in [0.5, 0.6) is 0 Å². The predicted molar refractivity (Wildman–Crippen MR) is 55.2 cm³/mol. The van der Waals surface area contributed by atoms with Crippen LogP contribution >= 0.6 is 11.8 Å². The molecule has 16 heavy (non-hydrogen) atoms. The van der Waals surface area contributed by atoms with E-state index >= 15 is 0 Å². The number of rotatable bonds is 4. The highest BCUT2D eigenvalue weighted by molar-refractivity contribution is 8.01. The van der Waals surface area contributed by atoms with Gasteiger partial charge in [0, 0.05) is 11.8 Å². The molecule has 94 valence electrons. The molecule has 0 bridgehead atoms. The van der Waals surface area contributed by atoms with Crippen molar-refractivity contribution in [1.29, 1.82) is 0 Å². The van der Waals surface area contributed by atoms with Crippen LogP contribution in [0.1, 0.15) is 13.3 Å². The first-order chi connectivity index (χ1) is 7.33. The van der Waals surface area contributed by atoms with Gasteiger partial charge in [-0.15, -0.1) is 11.8 Å². The first kappa shape index (κ1) is 13.6. The molecule has 0 aromatic heterocycles. The van der Waals surface area contributed by atoms with Gasteiger partial charge in [-0.05, 0) is 6.42 Å². The second kappa shape index (κ2) is 5.27. The number of likely N-dealkylation sites (tertiary alicyclic amines) is 1. The normalized spacial score (nSPS) is 23.9. The first-order valence-electron chi connectivity index (χ1n) is 4.95. The predicted octanol–water partition coefficient (Wildman–Crippen LogP) is 1.26. The van der Waals surface area contributed by atoms with Crippen molar-refractivity contribution in [2.75, 3.05) is 19.7 Å². The van der Waals surface area contributed by atoms with E-state index in [1.165, 1.54) is 11.8 Å². The number of aliphatic hydroxyl groups is 1. The van der Waals surface area contributed by atoms with Crippen LogP contribution in [0, 0.1) is 0 Å². The van der Waals surface area contributed by atoms with E-state index < -0.39 is 23.9 Å². The van der Waals surface area contributed by atoms with Crippen LogP contribution in [0.25, 0.3) is 0 Å². The van der Waals surface area contributed by atoms with Gasteiger partial charge in [0.2, 0.25) is 5.91 Å². The average molecular weight is 257 g/mol. The van der Waals surface area contributed by atoms with Crippen LogP contribution in [0.3, 0.4) is 0 Å². The molecule has 0 aromatic rings. The number of thioether (sulfide) groups is 1. The van der Waals surface area contributed by atoms with Crippen molar-refractivity contribution in [1.82, 2.24) is 4.90 Å². The topological polar surface area (TPSA) is 40.5 Å². The Balaban J connectivity index is 2.48. The maximum absolute atomic E-state index is 12.1. The summed E-state index contributed by atoms with van der Waals surface area (Å²) in [6.07, 6.45) is -3.91. The van der Waals surface area contributed by atoms with Crippen molar-refractivity contribution in [2.24, 2.45) is 0 Å². The SMILES string of the molecule is CC(CO)SC1CCN(CC(F)(F)F)C1=O. The van der Waals surface area contributed by atoms with Gasteiger partial charge in [-0.25, -0.2) is 0 Å². The number of carbonyl (C=O) groups excluding carboxylic acids is 1. The minimum atomic E-state index is -4.34. The van der Waals surface area contributed by atoms with Crippen LogP contribution in [0.4, 0.5) is 13.2 Å². The molecule has 1 N–H and O–H groups in total. The van der Waals surface area contributed by atoms with Gasteiger partial charge in [0.15, 0.2) is 0 Å². The zero-order chi connectivity index (χ0) is 12.3. The third-order valence-corrected chi connectivity index (χ3v) is 3.65. The molecule has 2 unspecified atom stereocenters. The summed E-state index contributed by atoms with van der Waals surface area (Å²) in [5.41, 5.74) is 0. The lowest BCUT2D eigenvalue weighted by atomic mass is 10.4. The Hall–Kier alpha value is -0.430. The van der Waals surface area contributed by atoms with Crippen LogP contribution < -0.4 is 0 Å². The number of hydrogen-bond donors (Lipinski definition) is 1. The number of halogens is 3. The molecule has 0 saturated carbocycles. The van der Waals surface area contributed by atoms with Gasteiger partial charge in [-0.3, -0.25) is 4.79 Å². The molecule has 2 atom stereocenters. The summed E-state index contributed by atoms with van der Waals surface area (Å²) >= 11 is 1.24. The van der Waals surface area contributed by atoms with Crippen molar-refractivity contribution in [3.63, 3.8) is 0 Å². The second-order valence-corrected chi connectivity index (χ2v) is 5.43. The molecule has 1 saturated heterocycles. The van der Waals surface area contributed by atoms with Crippen LogP contribution in [0.2, 0.25) is 0 Å². The number of alkyl halides is 3. The van der Waals surface area contributed by atoms with Crippen molar-refractivity contribution >= 4 is 17.7 Å². The fourth-order valence-electron chi connectivity index (χ4n) is 1.53. The van der Waals surface area contributed by atoms with Crippen molar-refractivity contribution in [2.45, 2.75) is 30.0 Å². The van der Waals surface area contributed by atoms with E-state index in [9.17, 15) is 18.0 Å². The molecule has 1 aliphatic rings. The van der Waals surface area contributed by atoms with Crippen molar-refractivity contribution in [3.8, 4) is 0 Å². The van der Waals surface area contributed by atoms with E-state index in [0.717, 1.165) is 4.90 Å². The molecule has 0 spiro atoms. The third-order valence-electron chi connectivity index (χ3n) is 2.27. The van der Waals surface area contributed by atoms with Crippen LogP contribution in [-0.2, 0) is 4.79 Å². The van der Waals surface area contributed by atoms with E-state index in [2.05, 4.69) is 0 Å². The minimum absolute atomic E-state index is 0.0757. The highest BCUT2D eigenvalue weighted by Crippen LogP contribution is 2.29. The van der Waals surface area contributed by atoms with Gasteiger partial charge < -0.3 is 10.0 Å². The highest BCUT2D eigenvalue weighted by Gasteiger charge is 2.39. The van der Waals surface area contributed by atoms with Gasteiger partial charge >= 0.3 is 6.18 Å². The standard InChI is InChI=1S/C9H14F3NO2S/c1-6(4-14)16-7-2-3-13(8(7)15)5-9(10,11)12/h6-7,14H,2-5H2,1H3. The summed E-state index contributed by atoms with van der Waals surface area (Å²) in [7, 11) is 0. The molecule has 1 fully saturated rings. The molecule has 0 aliphatic carbocycles. The molecular weight excluding hydrogens is 243 g/mol. The van der Waals surface area contributed by atoms with Gasteiger partial charge in [0.1, 0.15) is 6.54 Å². The van der Waals surface area contributed by atoms with E-state index in [4.69, 9.17) is 5.11 Å². The lowest BCUT2D eigenvalue weighted by Crippen LogP contribution is -2.37. The number of amides is 1. The number of aliphatic hydroxyl groups excluding tert-OH is 1. The van der Waals surface area contributed by atoms with Gasteiger partial charge in [0.05, 0.1) is 11.9 Å². The summed E-state index contributed by atoms with van der Waals surface area (Å²) < 4.78 is 36.3. The van der Waals surface area contributed by atoms with E-state index in [0.29, 0.717) is 6.42 Å². The lowest BCUT2D eigenvalue weighted by molar-refractivity contribution is -0.157. The van der Waals surface area contributed by atoms with Crippen molar-refractivity contribution < 1.29 is 23.1 Å². The zero-order valence-electron chi connectivity index (χ0n) is 8.83. The van der Waals surface area contributed by atoms with Gasteiger partial charge in [-0.2, -0.15) is 13.2 Å². The van der Waals surface area contributed by atoms with E-state index in [1.807, 2.05) is 0 Å². The summed E-state index contributed by atoms with van der Waals surface area (Å²) in [4.78, 5) is 12.4. The Morgan fingerprint density at radius 2 is 2.25 bits per heavy atom. The molecule has 0 aromatic carbocycles. The Morgan fingerprint density at radius 3 is 2.75 bits per heavy atom. The first-order valence-corrected chi connectivity index (χ1v) is 5.89. The minimum Gasteiger partial charge on any atom is -0.395 e. The summed E-state index contributed by atoms with van der Waals surface area (Å²) in [6, 6.07) is 0. The van der Waals surface area contributed by atoms with Crippen LogP contribution in [-0.4, -0.2) is 52.3 Å². The number of hydrogen-bond acceptors (Lipinski definition) is 3. The fraction of sp³-hybridized carbons (Fsp3) is 0.889. The van der Waals surface area contributed by atoms with Gasteiger partial charge in [-0.1, -0.05) is 6.92 Å². The lowest BCUT2D eigenvalue weighted by Gasteiger charge is -2.19. The number of nitrogens with zero attached hydrogens (tertiary/aromatic N) is 1. The molecule has 1 aliphatic heterocycles. The maximum Gasteiger partial charge on any atom is 0.406 e. The molecule has 0 radical (unpaired) electrons. The smallest absolute Gasteiger partial charge is 0.395 e. The molecule has 7 heteroatoms. The third kappa shape index (κ3) is 3.86. The molecular formula is C9H14F3NO2S. The Labute approximate surface area is 96.0 Å². The Morgan fingerprint density at radius 1 is 1.62 bits per heavy atom. The average Bonchev–Trinajstić information content (AvgIpc) is 2.47. The quantitative estimate of drug-likeness (QED) is 0.824. The van der Waals surface area contributed by atoms with Crippen LogP contribution in [0.15, 0.2) is 0 Å². The largest absolute Gasteiger partial charge is 0.406 e. The summed E-state index contributed by atoms with van der Waals surface area (Å²) in [6.45, 7) is 0.642. The Bertz CT molecular complexity index is 260. The Kier molecular flexibility index (Phi) is 4.49. The molecule has 1 amide bonds. The molecule has 3 nitrogen and oxygen atoms in total. The highest BCUT2D eigenvalue weighted by atomic mass is 32.2. The summed E-state index contributed by atoms with van der Waals surface area (Å²) in [5, 5.41) is 8.24. The van der Waals surface area contributed by atoms with Crippen molar-refractivity contribution in [3.05, 3.63) is 0 Å². The number of carbonyl (C=O) groups is 1. The molecule has 1 heterocycles. The summed E-state index contributed by atoms with van der Waals surface area (Å²) in [5.74, 6) is -0.470. The van der Waals surface area contributed by atoms with E-state index in [1.54, 1.807) is 6.92 Å². The van der Waals surface area contributed by atoms with Gasteiger partial charge in [0.25, 0.3) is 0 Å².